The molecule has 1 aromatic rings. The van der Waals surface area contributed by atoms with Crippen molar-refractivity contribution in [3.63, 3.8) is 0 Å². The molecular formula is C16H25NO3. The Morgan fingerprint density at radius 1 is 1.30 bits per heavy atom. The fourth-order valence-electron chi connectivity index (χ4n) is 2.61. The van der Waals surface area contributed by atoms with Crippen LogP contribution < -0.4 is 10.5 Å². The number of hydrogen-bond acceptors (Lipinski definition) is 4. The fraction of sp³-hybridized carbons (Fsp3) is 0.625. The van der Waals surface area contributed by atoms with Crippen LogP contribution in [0.1, 0.15) is 32.6 Å². The maximum absolute atomic E-state index is 9.92. The van der Waals surface area contributed by atoms with Crippen LogP contribution in [-0.4, -0.2) is 30.5 Å². The molecule has 4 heteroatoms. The first-order valence-electron chi connectivity index (χ1n) is 7.43. The van der Waals surface area contributed by atoms with Crippen LogP contribution in [0.15, 0.2) is 24.3 Å². The molecule has 0 heterocycles. The molecule has 1 fully saturated rings. The largest absolute Gasteiger partial charge is 0.491 e. The van der Waals surface area contributed by atoms with Crippen LogP contribution in [0.5, 0.6) is 5.75 Å². The Bertz CT molecular complexity index is 410. The number of benzene rings is 1. The summed E-state index contributed by atoms with van der Waals surface area (Å²) in [7, 11) is 0. The van der Waals surface area contributed by atoms with Crippen LogP contribution in [0.3, 0.4) is 0 Å². The summed E-state index contributed by atoms with van der Waals surface area (Å²) >= 11 is 0. The molecule has 0 radical (unpaired) electrons. The number of anilines is 1. The molecule has 4 nitrogen and oxygen atoms in total. The first-order valence-corrected chi connectivity index (χ1v) is 7.43. The molecule has 1 aliphatic carbocycles. The zero-order valence-electron chi connectivity index (χ0n) is 12.1. The normalized spacial score (nSPS) is 24.3. The molecule has 0 saturated heterocycles. The van der Waals surface area contributed by atoms with Gasteiger partial charge in [0.25, 0.3) is 0 Å². The van der Waals surface area contributed by atoms with E-state index >= 15 is 0 Å². The van der Waals surface area contributed by atoms with E-state index in [-0.39, 0.29) is 12.7 Å². The number of nitrogen functional groups attached to an aromatic ring is 1. The Morgan fingerprint density at radius 3 is 2.85 bits per heavy atom. The molecule has 3 atom stereocenters. The van der Waals surface area contributed by atoms with Crippen molar-refractivity contribution in [1.82, 2.24) is 0 Å². The number of aliphatic hydroxyl groups is 1. The lowest BCUT2D eigenvalue weighted by molar-refractivity contribution is -0.0553. The van der Waals surface area contributed by atoms with E-state index in [1.807, 2.05) is 12.1 Å². The van der Waals surface area contributed by atoms with E-state index in [0.717, 1.165) is 6.42 Å². The van der Waals surface area contributed by atoms with Gasteiger partial charge in [0.2, 0.25) is 0 Å². The van der Waals surface area contributed by atoms with Crippen molar-refractivity contribution < 1.29 is 14.6 Å². The standard InChI is InChI=1S/C16H25NO3/c1-12-5-2-3-8-16(12)20-11-14(18)10-19-15-7-4-6-13(17)9-15/h4,6-7,9,12,14,16,18H,2-3,5,8,10-11,17H2,1H3. The van der Waals surface area contributed by atoms with Crippen LogP contribution in [0.25, 0.3) is 0 Å². The van der Waals surface area contributed by atoms with E-state index in [4.69, 9.17) is 15.2 Å². The van der Waals surface area contributed by atoms with Crippen molar-refractivity contribution in [1.29, 1.82) is 0 Å². The van der Waals surface area contributed by atoms with Gasteiger partial charge in [-0.25, -0.2) is 0 Å². The number of hydrogen-bond donors (Lipinski definition) is 2. The van der Waals surface area contributed by atoms with Gasteiger partial charge in [-0.05, 0) is 30.9 Å². The molecule has 0 bridgehead atoms. The van der Waals surface area contributed by atoms with Gasteiger partial charge in [0, 0.05) is 11.8 Å². The van der Waals surface area contributed by atoms with E-state index in [2.05, 4.69) is 6.92 Å². The quantitative estimate of drug-likeness (QED) is 0.786. The maximum atomic E-state index is 9.92. The van der Waals surface area contributed by atoms with Gasteiger partial charge in [-0.1, -0.05) is 25.8 Å². The zero-order chi connectivity index (χ0) is 14.4. The average molecular weight is 279 g/mol. The highest BCUT2D eigenvalue weighted by Gasteiger charge is 2.22. The first kappa shape index (κ1) is 15.1. The summed E-state index contributed by atoms with van der Waals surface area (Å²) < 4.78 is 11.3. The molecular weight excluding hydrogens is 254 g/mol. The van der Waals surface area contributed by atoms with Gasteiger partial charge < -0.3 is 20.3 Å². The number of rotatable bonds is 6. The van der Waals surface area contributed by atoms with Crippen molar-refractivity contribution in [2.75, 3.05) is 18.9 Å². The van der Waals surface area contributed by atoms with Crippen LogP contribution in [0.4, 0.5) is 5.69 Å². The molecule has 20 heavy (non-hydrogen) atoms. The summed E-state index contributed by atoms with van der Waals surface area (Å²) in [6, 6.07) is 7.21. The van der Waals surface area contributed by atoms with Gasteiger partial charge in [0.1, 0.15) is 18.5 Å². The summed E-state index contributed by atoms with van der Waals surface area (Å²) in [6.07, 6.45) is 4.52. The van der Waals surface area contributed by atoms with Gasteiger partial charge in [-0.15, -0.1) is 0 Å². The predicted octanol–water partition coefficient (Wildman–Crippen LogP) is 2.60. The topological polar surface area (TPSA) is 64.7 Å². The summed E-state index contributed by atoms with van der Waals surface area (Å²) in [5.74, 6) is 1.26. The zero-order valence-corrected chi connectivity index (χ0v) is 12.1. The second kappa shape index (κ2) is 7.50. The molecule has 3 unspecified atom stereocenters. The minimum atomic E-state index is -0.606. The molecule has 3 N–H and O–H groups in total. The lowest BCUT2D eigenvalue weighted by Gasteiger charge is -2.29. The second-order valence-corrected chi connectivity index (χ2v) is 5.67. The van der Waals surface area contributed by atoms with Crippen LogP contribution >= 0.6 is 0 Å². The third-order valence-electron chi connectivity index (χ3n) is 3.84. The third-order valence-corrected chi connectivity index (χ3v) is 3.84. The van der Waals surface area contributed by atoms with Crippen LogP contribution in [0, 0.1) is 5.92 Å². The molecule has 0 aromatic heterocycles. The molecule has 1 aromatic carbocycles. The Morgan fingerprint density at radius 2 is 2.10 bits per heavy atom. The Kier molecular flexibility index (Phi) is 5.68. The van der Waals surface area contributed by atoms with Crippen LogP contribution in [0.2, 0.25) is 0 Å². The van der Waals surface area contributed by atoms with Crippen molar-refractivity contribution in [2.24, 2.45) is 5.92 Å². The molecule has 1 aliphatic rings. The van der Waals surface area contributed by atoms with Gasteiger partial charge >= 0.3 is 0 Å². The SMILES string of the molecule is CC1CCCCC1OCC(O)COc1cccc(N)c1. The summed E-state index contributed by atoms with van der Waals surface area (Å²) in [4.78, 5) is 0. The lowest BCUT2D eigenvalue weighted by Crippen LogP contribution is -2.31. The molecule has 112 valence electrons. The van der Waals surface area contributed by atoms with Crippen molar-refractivity contribution in [2.45, 2.75) is 44.8 Å². The highest BCUT2D eigenvalue weighted by atomic mass is 16.5. The van der Waals surface area contributed by atoms with E-state index in [9.17, 15) is 5.11 Å². The number of nitrogens with two attached hydrogens (primary N) is 1. The smallest absolute Gasteiger partial charge is 0.121 e. The molecule has 0 amide bonds. The summed E-state index contributed by atoms with van der Waals surface area (Å²) in [5.41, 5.74) is 6.33. The Hall–Kier alpha value is -1.26. The fourth-order valence-corrected chi connectivity index (χ4v) is 2.61. The van der Waals surface area contributed by atoms with Crippen molar-refractivity contribution >= 4 is 5.69 Å². The van der Waals surface area contributed by atoms with Gasteiger partial charge in [-0.3, -0.25) is 0 Å². The highest BCUT2D eigenvalue weighted by Crippen LogP contribution is 2.26. The summed E-state index contributed by atoms with van der Waals surface area (Å²) in [6.45, 7) is 2.78. The van der Waals surface area contributed by atoms with Crippen molar-refractivity contribution in [3.8, 4) is 5.75 Å². The van der Waals surface area contributed by atoms with E-state index in [1.165, 1.54) is 19.3 Å². The minimum absolute atomic E-state index is 0.227. The number of ether oxygens (including phenoxy) is 2. The highest BCUT2D eigenvalue weighted by molar-refractivity contribution is 5.43. The molecule has 1 saturated carbocycles. The van der Waals surface area contributed by atoms with Gasteiger partial charge in [0.15, 0.2) is 0 Å². The molecule has 0 spiro atoms. The third kappa shape index (κ3) is 4.69. The van der Waals surface area contributed by atoms with E-state index < -0.39 is 6.10 Å². The molecule has 2 rings (SSSR count). The Labute approximate surface area is 120 Å². The monoisotopic (exact) mass is 279 g/mol. The second-order valence-electron chi connectivity index (χ2n) is 5.67. The van der Waals surface area contributed by atoms with Crippen molar-refractivity contribution in [3.05, 3.63) is 24.3 Å². The average Bonchev–Trinajstić information content (AvgIpc) is 2.44. The first-order chi connectivity index (χ1) is 9.65. The van der Waals surface area contributed by atoms with Gasteiger partial charge in [-0.2, -0.15) is 0 Å². The lowest BCUT2D eigenvalue weighted by atomic mass is 9.88. The molecule has 0 aliphatic heterocycles. The van der Waals surface area contributed by atoms with E-state index in [0.29, 0.717) is 24.0 Å². The maximum Gasteiger partial charge on any atom is 0.121 e. The predicted molar refractivity (Wildman–Crippen MR) is 79.7 cm³/mol. The van der Waals surface area contributed by atoms with Crippen LogP contribution in [-0.2, 0) is 4.74 Å². The van der Waals surface area contributed by atoms with E-state index in [1.54, 1.807) is 12.1 Å². The Balaban J connectivity index is 1.68. The number of aliphatic hydroxyl groups excluding tert-OH is 1. The van der Waals surface area contributed by atoms with Gasteiger partial charge in [0.05, 0.1) is 12.7 Å². The minimum Gasteiger partial charge on any atom is -0.491 e. The summed E-state index contributed by atoms with van der Waals surface area (Å²) in [5, 5.41) is 9.92.